The van der Waals surface area contributed by atoms with Gasteiger partial charge in [-0.25, -0.2) is 0 Å². The fourth-order valence-corrected chi connectivity index (χ4v) is 2.54. The zero-order valence-corrected chi connectivity index (χ0v) is 12.3. The Hall–Kier alpha value is -0.870. The molecule has 1 aromatic heterocycles. The molecule has 0 spiro atoms. The summed E-state index contributed by atoms with van der Waals surface area (Å²) < 4.78 is 4.04. The molecule has 0 aliphatic rings. The SMILES string of the molecule is CC(C)c1c[nH]c(=S)n1Cc1cccc(Br)c1. The van der Waals surface area contributed by atoms with Crippen molar-refractivity contribution in [2.75, 3.05) is 0 Å². The van der Waals surface area contributed by atoms with Gasteiger partial charge in [0, 0.05) is 16.4 Å². The van der Waals surface area contributed by atoms with Crippen LogP contribution < -0.4 is 0 Å². The van der Waals surface area contributed by atoms with Crippen LogP contribution in [0.5, 0.6) is 0 Å². The molecule has 0 aliphatic carbocycles. The first-order valence-corrected chi connectivity index (χ1v) is 6.80. The van der Waals surface area contributed by atoms with Crippen LogP contribution in [0.2, 0.25) is 0 Å². The highest BCUT2D eigenvalue weighted by molar-refractivity contribution is 9.10. The highest BCUT2D eigenvalue weighted by atomic mass is 79.9. The van der Waals surface area contributed by atoms with Gasteiger partial charge in [0.15, 0.2) is 4.77 Å². The number of hydrogen-bond acceptors (Lipinski definition) is 1. The summed E-state index contributed by atoms with van der Waals surface area (Å²) >= 11 is 8.81. The van der Waals surface area contributed by atoms with Gasteiger partial charge < -0.3 is 9.55 Å². The molecule has 0 atom stereocenters. The van der Waals surface area contributed by atoms with Gasteiger partial charge in [-0.2, -0.15) is 0 Å². The predicted molar refractivity (Wildman–Crippen MR) is 76.9 cm³/mol. The Labute approximate surface area is 115 Å². The summed E-state index contributed by atoms with van der Waals surface area (Å²) in [4.78, 5) is 3.12. The van der Waals surface area contributed by atoms with E-state index in [4.69, 9.17) is 12.2 Å². The third kappa shape index (κ3) is 2.87. The molecule has 1 N–H and O–H groups in total. The molecule has 0 saturated carbocycles. The number of rotatable bonds is 3. The van der Waals surface area contributed by atoms with Crippen LogP contribution in [0.1, 0.15) is 31.0 Å². The Balaban J connectivity index is 2.36. The van der Waals surface area contributed by atoms with Gasteiger partial charge in [0.2, 0.25) is 0 Å². The third-order valence-electron chi connectivity index (χ3n) is 2.72. The standard InChI is InChI=1S/C13H15BrN2S/c1-9(2)12-7-15-13(17)16(12)8-10-4-3-5-11(14)6-10/h3-7,9H,8H2,1-2H3,(H,15,17). The van der Waals surface area contributed by atoms with E-state index in [0.29, 0.717) is 5.92 Å². The Morgan fingerprint density at radius 3 is 2.82 bits per heavy atom. The maximum absolute atomic E-state index is 5.32. The Bertz CT molecular complexity index is 569. The molecule has 2 aromatic rings. The Morgan fingerprint density at radius 1 is 1.41 bits per heavy atom. The van der Waals surface area contributed by atoms with Crippen molar-refractivity contribution in [1.29, 1.82) is 0 Å². The molecule has 4 heteroatoms. The minimum Gasteiger partial charge on any atom is -0.337 e. The van der Waals surface area contributed by atoms with Crippen LogP contribution >= 0.6 is 28.1 Å². The van der Waals surface area contributed by atoms with Gasteiger partial charge in [-0.05, 0) is 35.8 Å². The molecule has 0 saturated heterocycles. The van der Waals surface area contributed by atoms with Crippen LogP contribution in [0.15, 0.2) is 34.9 Å². The average Bonchev–Trinajstić information content (AvgIpc) is 2.61. The van der Waals surface area contributed by atoms with E-state index in [9.17, 15) is 0 Å². The Morgan fingerprint density at radius 2 is 2.18 bits per heavy atom. The predicted octanol–water partition coefficient (Wildman–Crippen LogP) is 4.48. The zero-order chi connectivity index (χ0) is 12.4. The summed E-state index contributed by atoms with van der Waals surface area (Å²) in [5.41, 5.74) is 2.49. The second-order valence-electron chi connectivity index (χ2n) is 4.39. The molecule has 0 bridgehead atoms. The van der Waals surface area contributed by atoms with Crippen molar-refractivity contribution in [3.63, 3.8) is 0 Å². The number of H-pyrrole nitrogens is 1. The van der Waals surface area contributed by atoms with Crippen molar-refractivity contribution in [3.05, 3.63) is 51.0 Å². The lowest BCUT2D eigenvalue weighted by Gasteiger charge is -2.11. The van der Waals surface area contributed by atoms with Gasteiger partial charge in [-0.3, -0.25) is 0 Å². The summed E-state index contributed by atoms with van der Waals surface area (Å²) in [6.07, 6.45) is 2.00. The van der Waals surface area contributed by atoms with Crippen molar-refractivity contribution < 1.29 is 0 Å². The van der Waals surface area contributed by atoms with Crippen molar-refractivity contribution in [2.24, 2.45) is 0 Å². The average molecular weight is 311 g/mol. The number of halogens is 1. The zero-order valence-electron chi connectivity index (χ0n) is 9.90. The van der Waals surface area contributed by atoms with E-state index in [1.807, 2.05) is 18.3 Å². The summed E-state index contributed by atoms with van der Waals surface area (Å²) in [6, 6.07) is 8.32. The molecule has 0 aliphatic heterocycles. The second kappa shape index (κ2) is 5.19. The van der Waals surface area contributed by atoms with E-state index in [1.165, 1.54) is 11.3 Å². The smallest absolute Gasteiger partial charge is 0.177 e. The quantitative estimate of drug-likeness (QED) is 0.829. The molecule has 0 radical (unpaired) electrons. The number of aromatic nitrogens is 2. The van der Waals surface area contributed by atoms with E-state index < -0.39 is 0 Å². The number of aromatic amines is 1. The molecule has 17 heavy (non-hydrogen) atoms. The molecule has 0 unspecified atom stereocenters. The lowest BCUT2D eigenvalue weighted by molar-refractivity contribution is 0.684. The normalized spacial score (nSPS) is 11.1. The fourth-order valence-electron chi connectivity index (χ4n) is 1.87. The summed E-state index contributed by atoms with van der Waals surface area (Å²) in [5.74, 6) is 0.468. The number of benzene rings is 1. The highest BCUT2D eigenvalue weighted by Crippen LogP contribution is 2.18. The van der Waals surface area contributed by atoms with Crippen LogP contribution in [-0.4, -0.2) is 9.55 Å². The van der Waals surface area contributed by atoms with Gasteiger partial charge in [0.25, 0.3) is 0 Å². The number of nitrogens with one attached hydrogen (secondary N) is 1. The second-order valence-corrected chi connectivity index (χ2v) is 5.69. The molecule has 0 amide bonds. The molecule has 0 fully saturated rings. The van der Waals surface area contributed by atoms with Crippen LogP contribution in [0, 0.1) is 4.77 Å². The number of hydrogen-bond donors (Lipinski definition) is 1. The molecule has 1 heterocycles. The van der Waals surface area contributed by atoms with E-state index in [-0.39, 0.29) is 0 Å². The number of imidazole rings is 1. The highest BCUT2D eigenvalue weighted by Gasteiger charge is 2.08. The fraction of sp³-hybridized carbons (Fsp3) is 0.308. The van der Waals surface area contributed by atoms with Crippen LogP contribution in [0.3, 0.4) is 0 Å². The van der Waals surface area contributed by atoms with Gasteiger partial charge in [0.05, 0.1) is 6.54 Å². The summed E-state index contributed by atoms with van der Waals surface area (Å²) in [7, 11) is 0. The van der Waals surface area contributed by atoms with E-state index >= 15 is 0 Å². The number of nitrogens with zero attached hydrogens (tertiary/aromatic N) is 1. The first-order chi connectivity index (χ1) is 8.08. The van der Waals surface area contributed by atoms with Gasteiger partial charge >= 0.3 is 0 Å². The summed E-state index contributed by atoms with van der Waals surface area (Å²) in [5, 5.41) is 0. The molecular formula is C13H15BrN2S. The molecule has 2 rings (SSSR count). The topological polar surface area (TPSA) is 20.7 Å². The van der Waals surface area contributed by atoms with Crippen molar-refractivity contribution >= 4 is 28.1 Å². The molecule has 90 valence electrons. The van der Waals surface area contributed by atoms with E-state index in [1.54, 1.807) is 0 Å². The van der Waals surface area contributed by atoms with Gasteiger partial charge in [-0.1, -0.05) is 41.9 Å². The summed E-state index contributed by atoms with van der Waals surface area (Å²) in [6.45, 7) is 5.17. The lowest BCUT2D eigenvalue weighted by atomic mass is 10.1. The molecule has 1 aromatic carbocycles. The minimum atomic E-state index is 0.468. The maximum atomic E-state index is 5.32. The van der Waals surface area contributed by atoms with Crippen LogP contribution in [-0.2, 0) is 6.54 Å². The van der Waals surface area contributed by atoms with Crippen molar-refractivity contribution in [1.82, 2.24) is 9.55 Å². The maximum Gasteiger partial charge on any atom is 0.177 e. The van der Waals surface area contributed by atoms with E-state index in [0.717, 1.165) is 15.8 Å². The molecule has 2 nitrogen and oxygen atoms in total. The van der Waals surface area contributed by atoms with Crippen LogP contribution in [0.4, 0.5) is 0 Å². The largest absolute Gasteiger partial charge is 0.337 e. The minimum absolute atomic E-state index is 0.468. The van der Waals surface area contributed by atoms with Gasteiger partial charge in [0.1, 0.15) is 0 Å². The third-order valence-corrected chi connectivity index (χ3v) is 3.55. The van der Waals surface area contributed by atoms with E-state index in [2.05, 4.69) is 51.5 Å². The van der Waals surface area contributed by atoms with Crippen molar-refractivity contribution in [2.45, 2.75) is 26.3 Å². The molecular weight excluding hydrogens is 296 g/mol. The van der Waals surface area contributed by atoms with Crippen molar-refractivity contribution in [3.8, 4) is 0 Å². The Kier molecular flexibility index (Phi) is 3.84. The van der Waals surface area contributed by atoms with Gasteiger partial charge in [-0.15, -0.1) is 0 Å². The monoisotopic (exact) mass is 310 g/mol. The lowest BCUT2D eigenvalue weighted by Crippen LogP contribution is -2.05. The first-order valence-electron chi connectivity index (χ1n) is 5.60. The first kappa shape index (κ1) is 12.6. The van der Waals surface area contributed by atoms with Crippen LogP contribution in [0.25, 0.3) is 0 Å².